The fraction of sp³-hybridized carbons (Fsp3) is 0.800. The summed E-state index contributed by atoms with van der Waals surface area (Å²) in [5, 5.41) is 7.95. The van der Waals surface area contributed by atoms with Gasteiger partial charge in [-0.25, -0.2) is 4.68 Å². The van der Waals surface area contributed by atoms with Crippen LogP contribution >= 0.6 is 15.9 Å². The molecule has 182 valence electrons. The number of carbonyl (C=O) groups excluding carboxylic acids is 1. The molecule has 5 aliphatic rings. The number of nitrogens with zero attached hydrogens (tertiary/aromatic N) is 4. The monoisotopic (exact) mass is 519 g/mol. The highest BCUT2D eigenvalue weighted by Gasteiger charge is 2.56. The molecule has 3 heterocycles. The van der Waals surface area contributed by atoms with Crippen LogP contribution in [0.2, 0.25) is 0 Å². The van der Waals surface area contributed by atoms with Gasteiger partial charge in [-0.05, 0) is 90.7 Å². The van der Waals surface area contributed by atoms with E-state index in [1.165, 1.54) is 37.0 Å². The Morgan fingerprint density at radius 3 is 2.52 bits per heavy atom. The molecule has 0 spiro atoms. The normalized spacial score (nSPS) is 31.9. The molecule has 0 radical (unpaired) electrons. The number of hydrogen-bond donors (Lipinski definition) is 1. The van der Waals surface area contributed by atoms with Gasteiger partial charge in [0.2, 0.25) is 5.91 Å². The number of likely N-dealkylation sites (tertiary alicyclic amines) is 2. The molecule has 2 saturated heterocycles. The van der Waals surface area contributed by atoms with Gasteiger partial charge in [0.05, 0.1) is 11.9 Å². The smallest absolute Gasteiger partial charge is 0.283 e. The Hall–Kier alpha value is -1.41. The van der Waals surface area contributed by atoms with Crippen LogP contribution in [0.4, 0.5) is 5.69 Å². The van der Waals surface area contributed by atoms with E-state index in [1.807, 2.05) is 4.90 Å². The van der Waals surface area contributed by atoms with Gasteiger partial charge in [0.15, 0.2) is 0 Å². The topological polar surface area (TPSA) is 70.5 Å². The van der Waals surface area contributed by atoms with Crippen LogP contribution in [-0.4, -0.2) is 63.8 Å². The van der Waals surface area contributed by atoms with Crippen LogP contribution in [0.5, 0.6) is 0 Å². The van der Waals surface area contributed by atoms with Gasteiger partial charge in [-0.2, -0.15) is 5.10 Å². The van der Waals surface area contributed by atoms with Crippen molar-refractivity contribution in [3.05, 3.63) is 21.0 Å². The average Bonchev–Trinajstić information content (AvgIpc) is 3.34. The van der Waals surface area contributed by atoms with Crippen molar-refractivity contribution in [3.8, 4) is 0 Å². The number of piperidine rings is 1. The van der Waals surface area contributed by atoms with Crippen LogP contribution in [0.15, 0.2) is 15.5 Å². The van der Waals surface area contributed by atoms with Crippen molar-refractivity contribution in [1.82, 2.24) is 19.6 Å². The van der Waals surface area contributed by atoms with E-state index in [0.29, 0.717) is 27.9 Å². The number of fused-ring (bicyclic) bond motifs is 2. The Labute approximate surface area is 205 Å². The Balaban J connectivity index is 1.19. The highest BCUT2D eigenvalue weighted by atomic mass is 79.9. The molecule has 2 aliphatic heterocycles. The molecular weight excluding hydrogens is 482 g/mol. The molecule has 0 aromatic carbocycles. The van der Waals surface area contributed by atoms with Crippen LogP contribution in [0.3, 0.4) is 0 Å². The molecule has 33 heavy (non-hydrogen) atoms. The second kappa shape index (κ2) is 8.99. The summed E-state index contributed by atoms with van der Waals surface area (Å²) in [6.07, 6.45) is 8.81. The van der Waals surface area contributed by atoms with Crippen molar-refractivity contribution >= 4 is 27.5 Å². The number of halogens is 1. The first kappa shape index (κ1) is 23.3. The molecule has 8 heteroatoms. The van der Waals surface area contributed by atoms with E-state index in [0.717, 1.165) is 49.9 Å². The van der Waals surface area contributed by atoms with Crippen molar-refractivity contribution in [2.24, 2.45) is 23.2 Å². The maximum Gasteiger partial charge on any atom is 0.283 e. The SMILES string of the molecule is C[C@@H]1[C@H]2C[C@@H](C[C@H]1Nc1cnn(CC(=O)N3CCC(N4CCCC4)CC3)c(=O)c1Br)C2(C)C. The van der Waals surface area contributed by atoms with Gasteiger partial charge < -0.3 is 15.1 Å². The summed E-state index contributed by atoms with van der Waals surface area (Å²) in [6, 6.07) is 0.962. The largest absolute Gasteiger partial charge is 0.380 e. The summed E-state index contributed by atoms with van der Waals surface area (Å²) in [5.41, 5.74) is 0.931. The minimum absolute atomic E-state index is 0.00423. The predicted molar refractivity (Wildman–Crippen MR) is 133 cm³/mol. The van der Waals surface area contributed by atoms with E-state index in [1.54, 1.807) is 6.20 Å². The third-order valence-corrected chi connectivity index (χ3v) is 10.2. The van der Waals surface area contributed by atoms with E-state index in [9.17, 15) is 9.59 Å². The first-order valence-corrected chi connectivity index (χ1v) is 13.6. The molecule has 0 unspecified atom stereocenters. The van der Waals surface area contributed by atoms with Gasteiger partial charge in [0.25, 0.3) is 5.56 Å². The molecule has 3 aliphatic carbocycles. The summed E-state index contributed by atoms with van der Waals surface area (Å²) in [6.45, 7) is 11.1. The van der Waals surface area contributed by atoms with Crippen LogP contribution < -0.4 is 10.9 Å². The zero-order valence-electron chi connectivity index (χ0n) is 20.2. The highest BCUT2D eigenvalue weighted by molar-refractivity contribution is 9.10. The minimum Gasteiger partial charge on any atom is -0.380 e. The van der Waals surface area contributed by atoms with Crippen molar-refractivity contribution in [2.45, 2.75) is 77.9 Å². The van der Waals surface area contributed by atoms with Crippen LogP contribution in [0.1, 0.15) is 59.3 Å². The van der Waals surface area contributed by atoms with Gasteiger partial charge in [-0.1, -0.05) is 20.8 Å². The van der Waals surface area contributed by atoms with Crippen molar-refractivity contribution in [1.29, 1.82) is 0 Å². The maximum absolute atomic E-state index is 13.0. The highest BCUT2D eigenvalue weighted by Crippen LogP contribution is 2.61. The number of amides is 1. The number of hydrogen-bond acceptors (Lipinski definition) is 5. The van der Waals surface area contributed by atoms with Gasteiger partial charge in [-0.3, -0.25) is 9.59 Å². The lowest BCUT2D eigenvalue weighted by molar-refractivity contribution is -0.133. The minimum atomic E-state index is -0.241. The number of rotatable bonds is 5. The zero-order chi connectivity index (χ0) is 23.3. The summed E-state index contributed by atoms with van der Waals surface area (Å²) < 4.78 is 1.78. The standard InChI is InChI=1S/C25H38BrN5O2/c1-16-19-12-17(25(19,2)3)13-20(16)28-21-14-27-31(24(33)23(21)26)15-22(32)30-10-6-18(7-11-30)29-8-4-5-9-29/h14,16-20,28H,4-13,15H2,1-3H3/t16-,17+,19-,20-/m1/s1. The number of anilines is 1. The molecule has 3 saturated carbocycles. The third-order valence-electron chi connectivity index (χ3n) is 9.44. The predicted octanol–water partition coefficient (Wildman–Crippen LogP) is 3.58. The summed E-state index contributed by atoms with van der Waals surface area (Å²) in [7, 11) is 0. The lowest BCUT2D eigenvalue weighted by Gasteiger charge is -2.62. The fourth-order valence-electron chi connectivity index (χ4n) is 7.03. The number of nitrogens with one attached hydrogen (secondary N) is 1. The molecule has 1 aromatic rings. The van der Waals surface area contributed by atoms with Crippen LogP contribution in [-0.2, 0) is 11.3 Å². The van der Waals surface area contributed by atoms with Crippen LogP contribution in [0, 0.1) is 23.2 Å². The fourth-order valence-corrected chi connectivity index (χ4v) is 7.46. The zero-order valence-corrected chi connectivity index (χ0v) is 21.8. The molecule has 4 atom stereocenters. The first-order chi connectivity index (χ1) is 15.8. The van der Waals surface area contributed by atoms with Crippen molar-refractivity contribution < 1.29 is 4.79 Å². The second-order valence-corrected chi connectivity index (χ2v) is 12.2. The maximum atomic E-state index is 13.0. The van der Waals surface area contributed by atoms with E-state index in [2.05, 4.69) is 52.0 Å². The van der Waals surface area contributed by atoms with E-state index in [-0.39, 0.29) is 18.0 Å². The average molecular weight is 521 g/mol. The lowest BCUT2D eigenvalue weighted by Crippen LogP contribution is -2.58. The Bertz CT molecular complexity index is 949. The van der Waals surface area contributed by atoms with E-state index in [4.69, 9.17) is 0 Å². The quantitative estimate of drug-likeness (QED) is 0.643. The van der Waals surface area contributed by atoms with Gasteiger partial charge in [-0.15, -0.1) is 0 Å². The summed E-state index contributed by atoms with van der Waals surface area (Å²) >= 11 is 3.49. The molecule has 1 amide bonds. The van der Waals surface area contributed by atoms with Gasteiger partial charge >= 0.3 is 0 Å². The lowest BCUT2D eigenvalue weighted by atomic mass is 9.45. The molecule has 2 bridgehead atoms. The summed E-state index contributed by atoms with van der Waals surface area (Å²) in [5.74, 6) is 2.02. The number of aromatic nitrogens is 2. The second-order valence-electron chi connectivity index (χ2n) is 11.4. The van der Waals surface area contributed by atoms with Crippen LogP contribution in [0.25, 0.3) is 0 Å². The molecule has 1 aromatic heterocycles. The summed E-state index contributed by atoms with van der Waals surface area (Å²) in [4.78, 5) is 30.3. The van der Waals surface area contributed by atoms with Crippen molar-refractivity contribution in [2.75, 3.05) is 31.5 Å². The van der Waals surface area contributed by atoms with Gasteiger partial charge in [0, 0.05) is 25.2 Å². The Morgan fingerprint density at radius 2 is 1.88 bits per heavy atom. The molecular formula is C25H38BrN5O2. The molecule has 6 rings (SSSR count). The first-order valence-electron chi connectivity index (χ1n) is 12.8. The Morgan fingerprint density at radius 1 is 1.18 bits per heavy atom. The molecule has 7 nitrogen and oxygen atoms in total. The number of carbonyl (C=O) groups is 1. The van der Waals surface area contributed by atoms with Crippen molar-refractivity contribution in [3.63, 3.8) is 0 Å². The third kappa shape index (κ3) is 4.26. The van der Waals surface area contributed by atoms with Gasteiger partial charge in [0.1, 0.15) is 11.0 Å². The Kier molecular flexibility index (Phi) is 6.36. The molecule has 1 N–H and O–H groups in total. The van der Waals surface area contributed by atoms with E-state index >= 15 is 0 Å². The van der Waals surface area contributed by atoms with E-state index < -0.39 is 0 Å². The molecule has 5 fully saturated rings.